The highest BCUT2D eigenvalue weighted by Crippen LogP contribution is 2.34. The second kappa shape index (κ2) is 8.73. The highest BCUT2D eigenvalue weighted by atomic mass is 35.5. The molecule has 0 spiro atoms. The molecule has 0 aliphatic carbocycles. The van der Waals surface area contributed by atoms with Crippen molar-refractivity contribution in [2.24, 2.45) is 0 Å². The number of nitrogens with zero attached hydrogens (tertiary/aromatic N) is 3. The largest absolute Gasteiger partial charge is 0.493 e. The first kappa shape index (κ1) is 20.5. The van der Waals surface area contributed by atoms with E-state index in [-0.39, 0.29) is 24.5 Å². The predicted octanol–water partition coefficient (Wildman–Crippen LogP) is 3.89. The average molecular weight is 391 g/mol. The van der Waals surface area contributed by atoms with E-state index >= 15 is 0 Å². The lowest BCUT2D eigenvalue weighted by molar-refractivity contribution is 0.212. The highest BCUT2D eigenvalue weighted by Gasteiger charge is 2.14. The third kappa shape index (κ3) is 4.31. The summed E-state index contributed by atoms with van der Waals surface area (Å²) in [5.41, 5.74) is 8.11. The third-order valence-corrected chi connectivity index (χ3v) is 4.14. The molecule has 0 aliphatic rings. The number of fused-ring (bicyclic) bond motifs is 1. The Labute approximate surface area is 164 Å². The quantitative estimate of drug-likeness (QED) is 0.682. The molecule has 1 aromatic carbocycles. The fraction of sp³-hybridized carbons (Fsp3) is 0.316. The molecule has 7 nitrogen and oxygen atoms in total. The van der Waals surface area contributed by atoms with Gasteiger partial charge in [0.05, 0.1) is 25.7 Å². The van der Waals surface area contributed by atoms with Crippen molar-refractivity contribution in [2.75, 3.05) is 20.0 Å². The lowest BCUT2D eigenvalue weighted by Crippen LogP contribution is -2.12. The molecule has 0 amide bonds. The van der Waals surface area contributed by atoms with Gasteiger partial charge in [0, 0.05) is 11.8 Å². The molecular weight excluding hydrogens is 368 g/mol. The fourth-order valence-corrected chi connectivity index (χ4v) is 2.54. The zero-order valence-electron chi connectivity index (χ0n) is 15.7. The third-order valence-electron chi connectivity index (χ3n) is 4.14. The van der Waals surface area contributed by atoms with Gasteiger partial charge in [0.15, 0.2) is 17.1 Å². The number of pyridine rings is 1. The van der Waals surface area contributed by atoms with Gasteiger partial charge >= 0.3 is 0 Å². The van der Waals surface area contributed by atoms with Gasteiger partial charge in [-0.15, -0.1) is 12.4 Å². The summed E-state index contributed by atoms with van der Waals surface area (Å²) in [5, 5.41) is 0.715. The van der Waals surface area contributed by atoms with Crippen molar-refractivity contribution in [2.45, 2.75) is 26.4 Å². The van der Waals surface area contributed by atoms with Crippen LogP contribution in [-0.4, -0.2) is 35.3 Å². The summed E-state index contributed by atoms with van der Waals surface area (Å²) in [6.45, 7) is 4.03. The Balaban J connectivity index is 0.00000261. The van der Waals surface area contributed by atoms with Crippen molar-refractivity contribution >= 4 is 29.4 Å². The molecule has 2 heterocycles. The number of rotatable bonds is 6. The van der Waals surface area contributed by atoms with E-state index in [0.717, 1.165) is 17.5 Å². The number of nitrogen functional groups attached to an aromatic ring is 1. The smallest absolute Gasteiger partial charge is 0.228 e. The molecule has 0 bridgehead atoms. The molecule has 1 unspecified atom stereocenters. The summed E-state index contributed by atoms with van der Waals surface area (Å²) in [5.74, 6) is 1.90. The Morgan fingerprint density at radius 3 is 2.44 bits per heavy atom. The maximum atomic E-state index is 5.91. The molecule has 2 N–H and O–H groups in total. The Hall–Kier alpha value is -2.80. The van der Waals surface area contributed by atoms with Crippen LogP contribution in [0.2, 0.25) is 0 Å². The number of aromatic nitrogens is 3. The van der Waals surface area contributed by atoms with Crippen LogP contribution in [0.3, 0.4) is 0 Å². The first-order valence-corrected chi connectivity index (χ1v) is 8.38. The van der Waals surface area contributed by atoms with Crippen molar-refractivity contribution in [3.05, 3.63) is 30.5 Å². The summed E-state index contributed by atoms with van der Waals surface area (Å²) in [7, 11) is 3.21. The molecular formula is C19H23ClN4O3. The van der Waals surface area contributed by atoms with Crippen LogP contribution in [0.4, 0.5) is 5.95 Å². The van der Waals surface area contributed by atoms with Gasteiger partial charge < -0.3 is 19.9 Å². The van der Waals surface area contributed by atoms with E-state index in [1.165, 1.54) is 0 Å². The van der Waals surface area contributed by atoms with E-state index in [9.17, 15) is 0 Å². The van der Waals surface area contributed by atoms with E-state index < -0.39 is 0 Å². The van der Waals surface area contributed by atoms with Crippen molar-refractivity contribution in [3.8, 4) is 28.5 Å². The first-order valence-electron chi connectivity index (χ1n) is 8.38. The number of nitrogens with two attached hydrogens (primary N) is 1. The zero-order chi connectivity index (χ0) is 18.7. The summed E-state index contributed by atoms with van der Waals surface area (Å²) in [4.78, 5) is 12.9. The molecule has 3 aromatic rings. The van der Waals surface area contributed by atoms with Gasteiger partial charge in [-0.2, -0.15) is 9.97 Å². The van der Waals surface area contributed by atoms with Crippen LogP contribution in [0, 0.1) is 0 Å². The minimum atomic E-state index is 0. The molecule has 0 fully saturated rings. The first-order chi connectivity index (χ1) is 12.5. The second-order valence-electron chi connectivity index (χ2n) is 5.89. The number of benzene rings is 1. The SMILES string of the molecule is CCC(C)Oc1nc(N)nc2ncc(-c3ccc(OC)c(OC)c3)cc12.Cl. The van der Waals surface area contributed by atoms with Gasteiger partial charge in [-0.05, 0) is 37.1 Å². The van der Waals surface area contributed by atoms with Crippen molar-refractivity contribution < 1.29 is 14.2 Å². The minimum Gasteiger partial charge on any atom is -0.493 e. The van der Waals surface area contributed by atoms with Crippen molar-refractivity contribution in [3.63, 3.8) is 0 Å². The fourth-order valence-electron chi connectivity index (χ4n) is 2.54. The minimum absolute atomic E-state index is 0. The van der Waals surface area contributed by atoms with Crippen LogP contribution in [0.1, 0.15) is 20.3 Å². The van der Waals surface area contributed by atoms with Crippen LogP contribution < -0.4 is 19.9 Å². The molecule has 0 saturated carbocycles. The summed E-state index contributed by atoms with van der Waals surface area (Å²) < 4.78 is 16.6. The summed E-state index contributed by atoms with van der Waals surface area (Å²) >= 11 is 0. The molecule has 2 aromatic heterocycles. The zero-order valence-corrected chi connectivity index (χ0v) is 16.5. The number of methoxy groups -OCH3 is 2. The molecule has 27 heavy (non-hydrogen) atoms. The van der Waals surface area contributed by atoms with Crippen molar-refractivity contribution in [1.82, 2.24) is 15.0 Å². The monoisotopic (exact) mass is 390 g/mol. The molecule has 3 rings (SSSR count). The Kier molecular flexibility index (Phi) is 6.63. The van der Waals surface area contributed by atoms with Crippen LogP contribution >= 0.6 is 12.4 Å². The Bertz CT molecular complexity index is 936. The normalized spacial score (nSPS) is 11.6. The van der Waals surface area contributed by atoms with Crippen LogP contribution in [0.5, 0.6) is 17.4 Å². The maximum absolute atomic E-state index is 5.91. The van der Waals surface area contributed by atoms with E-state index in [1.807, 2.05) is 38.1 Å². The molecule has 1 atom stereocenters. The van der Waals surface area contributed by atoms with Crippen LogP contribution in [-0.2, 0) is 0 Å². The van der Waals surface area contributed by atoms with Gasteiger partial charge in [0.2, 0.25) is 11.8 Å². The molecule has 8 heteroatoms. The molecule has 144 valence electrons. The van der Waals surface area contributed by atoms with E-state index in [4.69, 9.17) is 19.9 Å². The van der Waals surface area contributed by atoms with E-state index in [1.54, 1.807) is 20.4 Å². The topological polar surface area (TPSA) is 92.4 Å². The van der Waals surface area contributed by atoms with Crippen molar-refractivity contribution in [1.29, 1.82) is 0 Å². The van der Waals surface area contributed by atoms with Crippen LogP contribution in [0.25, 0.3) is 22.2 Å². The Morgan fingerprint density at radius 2 is 1.78 bits per heavy atom. The van der Waals surface area contributed by atoms with Gasteiger partial charge in [-0.1, -0.05) is 13.0 Å². The van der Waals surface area contributed by atoms with Gasteiger partial charge in [-0.3, -0.25) is 0 Å². The van der Waals surface area contributed by atoms with E-state index in [2.05, 4.69) is 15.0 Å². The number of ether oxygens (including phenoxy) is 3. The summed E-state index contributed by atoms with van der Waals surface area (Å²) in [6.07, 6.45) is 2.61. The van der Waals surface area contributed by atoms with Crippen LogP contribution in [0.15, 0.2) is 30.5 Å². The standard InChI is InChI=1S/C19H22N4O3.ClH/c1-5-11(2)26-18-14-8-13(10-21-17(14)22-19(20)23-18)12-6-7-15(24-3)16(9-12)25-4;/h6-11H,5H2,1-4H3,(H2,20,21,22,23);1H. The molecule has 0 radical (unpaired) electrons. The number of anilines is 1. The number of halogens is 1. The highest BCUT2D eigenvalue weighted by molar-refractivity contribution is 5.86. The van der Waals surface area contributed by atoms with Gasteiger partial charge in [-0.25, -0.2) is 4.98 Å². The number of hydrogen-bond acceptors (Lipinski definition) is 7. The van der Waals surface area contributed by atoms with E-state index in [0.29, 0.717) is 28.4 Å². The summed E-state index contributed by atoms with van der Waals surface area (Å²) in [6, 6.07) is 7.64. The lowest BCUT2D eigenvalue weighted by atomic mass is 10.1. The molecule has 0 aliphatic heterocycles. The second-order valence-corrected chi connectivity index (χ2v) is 5.89. The molecule has 0 saturated heterocycles. The Morgan fingerprint density at radius 1 is 1.04 bits per heavy atom. The maximum Gasteiger partial charge on any atom is 0.228 e. The average Bonchev–Trinajstić information content (AvgIpc) is 2.66. The van der Waals surface area contributed by atoms with Gasteiger partial charge in [0.25, 0.3) is 0 Å². The number of hydrogen-bond donors (Lipinski definition) is 1. The lowest BCUT2D eigenvalue weighted by Gasteiger charge is -2.14. The van der Waals surface area contributed by atoms with Gasteiger partial charge in [0.1, 0.15) is 0 Å². The predicted molar refractivity (Wildman–Crippen MR) is 108 cm³/mol.